The number of ketones is 1. The molecule has 98 valence electrons. The number of fused-ring (bicyclic) bond motifs is 2. The number of anilines is 1. The number of pyridine rings is 1. The fourth-order valence-electron chi connectivity index (χ4n) is 2.30. The summed E-state index contributed by atoms with van der Waals surface area (Å²) in [4.78, 5) is 29.0. The Bertz CT molecular complexity index is 705. The molecule has 2 aromatic heterocycles. The zero-order valence-electron chi connectivity index (χ0n) is 10.4. The minimum atomic E-state index is -0.468. The highest BCUT2D eigenvalue weighted by Gasteiger charge is 2.23. The number of nitrogens with two attached hydrogens (primary N) is 1. The van der Waals surface area contributed by atoms with Gasteiger partial charge in [0.1, 0.15) is 9.71 Å². The average molecular weight is 276 g/mol. The lowest BCUT2D eigenvalue weighted by atomic mass is 9.94. The molecule has 0 unspecified atom stereocenters. The fourth-order valence-corrected chi connectivity index (χ4v) is 3.32. The third-order valence-corrected chi connectivity index (χ3v) is 4.38. The molecule has 0 atom stereocenters. The predicted octanol–water partition coefficient (Wildman–Crippen LogP) is 2.18. The number of carbonyl (C=O) groups is 2. The quantitative estimate of drug-likeness (QED) is 0.807. The average Bonchev–Trinajstić information content (AvgIpc) is 2.73. The van der Waals surface area contributed by atoms with E-state index in [1.54, 1.807) is 6.07 Å². The molecule has 2 N–H and O–H groups in total. The zero-order valence-corrected chi connectivity index (χ0v) is 11.2. The molecule has 0 saturated heterocycles. The van der Waals surface area contributed by atoms with Crippen LogP contribution in [0.15, 0.2) is 6.07 Å². The number of carbonyl (C=O) groups excluding carboxylic acids is 2. The van der Waals surface area contributed by atoms with E-state index in [2.05, 4.69) is 4.98 Å². The van der Waals surface area contributed by atoms with Crippen LogP contribution in [0.5, 0.6) is 0 Å². The Morgan fingerprint density at radius 1 is 1.47 bits per heavy atom. The molecule has 1 aliphatic carbocycles. The Balaban J connectivity index is 2.25. The Morgan fingerprint density at radius 3 is 3.00 bits per heavy atom. The zero-order chi connectivity index (χ0) is 13.6. The molecule has 3 rings (SSSR count). The summed E-state index contributed by atoms with van der Waals surface area (Å²) in [6.45, 7) is 0. The van der Waals surface area contributed by atoms with Crippen molar-refractivity contribution in [1.29, 1.82) is 0 Å². The van der Waals surface area contributed by atoms with Crippen molar-refractivity contribution in [3.05, 3.63) is 22.2 Å². The molecule has 19 heavy (non-hydrogen) atoms. The van der Waals surface area contributed by atoms with Gasteiger partial charge >= 0.3 is 5.97 Å². The molecule has 2 aromatic rings. The second-order valence-electron chi connectivity index (χ2n) is 4.45. The summed E-state index contributed by atoms with van der Waals surface area (Å²) in [5, 5.41) is 0.666. The maximum Gasteiger partial charge on any atom is 0.350 e. The summed E-state index contributed by atoms with van der Waals surface area (Å²) in [6.07, 6.45) is 2.17. The van der Waals surface area contributed by atoms with Gasteiger partial charge in [-0.15, -0.1) is 11.3 Å². The van der Waals surface area contributed by atoms with Gasteiger partial charge in [-0.1, -0.05) is 0 Å². The maximum atomic E-state index is 11.9. The van der Waals surface area contributed by atoms with E-state index in [1.807, 2.05) is 0 Å². The molecule has 0 spiro atoms. The first-order chi connectivity index (χ1) is 9.11. The molecule has 0 amide bonds. The summed E-state index contributed by atoms with van der Waals surface area (Å²) < 4.78 is 4.69. The van der Waals surface area contributed by atoms with Crippen molar-refractivity contribution in [2.75, 3.05) is 12.8 Å². The summed E-state index contributed by atoms with van der Waals surface area (Å²) in [5.41, 5.74) is 7.75. The van der Waals surface area contributed by atoms with Crippen molar-refractivity contribution in [3.63, 3.8) is 0 Å². The third-order valence-electron chi connectivity index (χ3n) is 3.29. The van der Waals surface area contributed by atoms with Crippen LogP contribution in [0, 0.1) is 0 Å². The smallest absolute Gasteiger partial charge is 0.350 e. The Kier molecular flexibility index (Phi) is 2.74. The molecule has 0 saturated carbocycles. The van der Waals surface area contributed by atoms with E-state index in [0.717, 1.165) is 18.5 Å². The summed E-state index contributed by atoms with van der Waals surface area (Å²) >= 11 is 1.21. The van der Waals surface area contributed by atoms with Crippen molar-refractivity contribution < 1.29 is 14.3 Å². The number of methoxy groups -OCH3 is 1. The van der Waals surface area contributed by atoms with Crippen LogP contribution in [0.25, 0.3) is 10.2 Å². The second-order valence-corrected chi connectivity index (χ2v) is 5.45. The van der Waals surface area contributed by atoms with Gasteiger partial charge in [0.2, 0.25) is 0 Å². The van der Waals surface area contributed by atoms with Crippen LogP contribution in [-0.4, -0.2) is 23.8 Å². The van der Waals surface area contributed by atoms with Crippen LogP contribution < -0.4 is 5.73 Å². The van der Waals surface area contributed by atoms with Crippen molar-refractivity contribution in [1.82, 2.24) is 4.98 Å². The van der Waals surface area contributed by atoms with Gasteiger partial charge in [-0.25, -0.2) is 9.78 Å². The number of nitrogens with zero attached hydrogens (tertiary/aromatic N) is 1. The number of Topliss-reactive ketones (excluding diaryl/α,β-unsaturated/α-hetero) is 1. The van der Waals surface area contributed by atoms with Crippen molar-refractivity contribution >= 4 is 39.0 Å². The number of hydrogen-bond acceptors (Lipinski definition) is 6. The Hall–Kier alpha value is -1.95. The number of hydrogen-bond donors (Lipinski definition) is 1. The van der Waals surface area contributed by atoms with Crippen molar-refractivity contribution in [2.45, 2.75) is 19.3 Å². The minimum Gasteiger partial charge on any atom is -0.465 e. The first-order valence-corrected chi connectivity index (χ1v) is 6.77. The van der Waals surface area contributed by atoms with Crippen LogP contribution in [0.4, 0.5) is 5.69 Å². The normalized spacial score (nSPS) is 14.5. The van der Waals surface area contributed by atoms with Crippen LogP contribution >= 0.6 is 11.3 Å². The van der Waals surface area contributed by atoms with E-state index in [-0.39, 0.29) is 5.78 Å². The molecule has 0 bridgehead atoms. The Labute approximate surface area is 113 Å². The molecule has 0 aliphatic heterocycles. The molecule has 0 aromatic carbocycles. The molecule has 0 radical (unpaired) electrons. The lowest BCUT2D eigenvalue weighted by Crippen LogP contribution is -2.12. The minimum absolute atomic E-state index is 0.0980. The number of aromatic nitrogens is 1. The van der Waals surface area contributed by atoms with E-state index in [9.17, 15) is 9.59 Å². The van der Waals surface area contributed by atoms with E-state index in [4.69, 9.17) is 10.5 Å². The molecule has 1 aliphatic rings. The number of aryl methyl sites for hydroxylation is 1. The van der Waals surface area contributed by atoms with E-state index < -0.39 is 5.97 Å². The third kappa shape index (κ3) is 1.79. The van der Waals surface area contributed by atoms with Crippen LogP contribution in [0.3, 0.4) is 0 Å². The van der Waals surface area contributed by atoms with Gasteiger partial charge in [0.25, 0.3) is 0 Å². The second kappa shape index (κ2) is 4.31. The van der Waals surface area contributed by atoms with Crippen LogP contribution in [0.2, 0.25) is 0 Å². The van der Waals surface area contributed by atoms with Gasteiger partial charge < -0.3 is 10.5 Å². The maximum absolute atomic E-state index is 11.9. The SMILES string of the molecule is COC(=O)c1sc2nc3c(cc2c1N)C(=O)CCC3. The number of ether oxygens (including phenoxy) is 1. The monoisotopic (exact) mass is 276 g/mol. The topological polar surface area (TPSA) is 82.3 Å². The molecule has 5 nitrogen and oxygen atoms in total. The Morgan fingerprint density at radius 2 is 2.26 bits per heavy atom. The first-order valence-electron chi connectivity index (χ1n) is 5.95. The van der Waals surface area contributed by atoms with Gasteiger partial charge in [0, 0.05) is 17.4 Å². The summed E-state index contributed by atoms with van der Waals surface area (Å²) in [5.74, 6) is -0.370. The summed E-state index contributed by atoms with van der Waals surface area (Å²) in [7, 11) is 1.31. The van der Waals surface area contributed by atoms with Crippen LogP contribution in [0.1, 0.15) is 38.6 Å². The first kappa shape index (κ1) is 12.1. The van der Waals surface area contributed by atoms with Gasteiger partial charge in [0.05, 0.1) is 18.5 Å². The number of nitrogen functional groups attached to an aromatic ring is 1. The van der Waals surface area contributed by atoms with E-state index >= 15 is 0 Å². The highest BCUT2D eigenvalue weighted by molar-refractivity contribution is 7.21. The standard InChI is InChI=1S/C13H12N2O3S/c1-18-13(17)11-10(14)7-5-6-8(15-12(7)19-11)3-2-4-9(6)16/h5H,2-4,14H2,1H3. The largest absolute Gasteiger partial charge is 0.465 e. The number of esters is 1. The van der Waals surface area contributed by atoms with Crippen molar-refractivity contribution in [3.8, 4) is 0 Å². The molecule has 2 heterocycles. The van der Waals surface area contributed by atoms with E-state index in [1.165, 1.54) is 18.4 Å². The lowest BCUT2D eigenvalue weighted by Gasteiger charge is -2.13. The molecule has 0 fully saturated rings. The lowest BCUT2D eigenvalue weighted by molar-refractivity contribution is 0.0607. The van der Waals surface area contributed by atoms with Gasteiger partial charge in [-0.2, -0.15) is 0 Å². The van der Waals surface area contributed by atoms with E-state index in [0.29, 0.717) is 32.8 Å². The fraction of sp³-hybridized carbons (Fsp3) is 0.308. The highest BCUT2D eigenvalue weighted by Crippen LogP contribution is 2.35. The predicted molar refractivity (Wildman–Crippen MR) is 72.6 cm³/mol. The van der Waals surface area contributed by atoms with Crippen molar-refractivity contribution in [2.24, 2.45) is 0 Å². The number of thiophene rings is 1. The molecular weight excluding hydrogens is 264 g/mol. The van der Waals surface area contributed by atoms with Crippen LogP contribution in [-0.2, 0) is 11.2 Å². The van der Waals surface area contributed by atoms with Gasteiger partial charge in [-0.05, 0) is 18.9 Å². The number of rotatable bonds is 1. The van der Waals surface area contributed by atoms with Gasteiger partial charge in [-0.3, -0.25) is 4.79 Å². The molecule has 6 heteroatoms. The summed E-state index contributed by atoms with van der Waals surface area (Å²) in [6, 6.07) is 1.76. The van der Waals surface area contributed by atoms with Gasteiger partial charge in [0.15, 0.2) is 5.78 Å². The molecular formula is C13H12N2O3S. The highest BCUT2D eigenvalue weighted by atomic mass is 32.1.